The summed E-state index contributed by atoms with van der Waals surface area (Å²) in [5, 5.41) is 10.3. The highest BCUT2D eigenvalue weighted by Gasteiger charge is 2.29. The number of nitrogens with one attached hydrogen (secondary N) is 3. The second kappa shape index (κ2) is 13.5. The van der Waals surface area contributed by atoms with E-state index in [1.807, 2.05) is 6.07 Å². The van der Waals surface area contributed by atoms with Gasteiger partial charge in [-0.3, -0.25) is 19.2 Å². The number of aromatic nitrogens is 1. The van der Waals surface area contributed by atoms with E-state index in [4.69, 9.17) is 0 Å². The molecule has 3 atom stereocenters. The topological polar surface area (TPSA) is 117 Å². The van der Waals surface area contributed by atoms with Gasteiger partial charge in [0.25, 0.3) is 5.91 Å². The van der Waals surface area contributed by atoms with Gasteiger partial charge < -0.3 is 16.0 Å². The number of hydrogen-bond acceptors (Lipinski definition) is 8. The molecule has 1 aromatic heterocycles. The molecule has 2 aromatic rings. The Bertz CT molecular complexity index is 972. The molecule has 1 fully saturated rings. The summed E-state index contributed by atoms with van der Waals surface area (Å²) in [5.74, 6) is 1.07. The number of hydrogen-bond donors (Lipinski definition) is 3. The molecule has 0 spiro atoms. The van der Waals surface area contributed by atoms with E-state index in [1.54, 1.807) is 66.3 Å². The predicted molar refractivity (Wildman–Crippen MR) is 138 cm³/mol. The normalized spacial score (nSPS) is 23.0. The molecule has 2 heterocycles. The minimum absolute atomic E-state index is 0.234. The monoisotopic (exact) mass is 520 g/mol. The van der Waals surface area contributed by atoms with Gasteiger partial charge in [-0.05, 0) is 43.4 Å². The van der Waals surface area contributed by atoms with Crippen LogP contribution in [0.25, 0.3) is 0 Å². The van der Waals surface area contributed by atoms with Gasteiger partial charge in [-0.15, -0.1) is 11.3 Å². The van der Waals surface area contributed by atoms with E-state index in [-0.39, 0.29) is 11.7 Å². The van der Waals surface area contributed by atoms with Gasteiger partial charge in [0.05, 0.1) is 0 Å². The number of benzene rings is 1. The van der Waals surface area contributed by atoms with Crippen LogP contribution in [0.1, 0.15) is 39.9 Å². The Labute approximate surface area is 211 Å². The maximum Gasteiger partial charge on any atom is 0.251 e. The second-order valence-electron chi connectivity index (χ2n) is 7.74. The molecule has 1 aliphatic rings. The van der Waals surface area contributed by atoms with Crippen molar-refractivity contribution in [1.82, 2.24) is 20.9 Å². The highest BCUT2D eigenvalue weighted by Crippen LogP contribution is 2.15. The van der Waals surface area contributed by atoms with Crippen molar-refractivity contribution in [2.45, 2.75) is 37.9 Å². The molecule has 0 radical (unpaired) electrons. The van der Waals surface area contributed by atoms with Crippen molar-refractivity contribution < 1.29 is 19.2 Å². The summed E-state index contributed by atoms with van der Waals surface area (Å²) in [5.41, 5.74) is 0.461. The Balaban J connectivity index is 1.70. The van der Waals surface area contributed by atoms with E-state index < -0.39 is 29.9 Å². The number of carbonyl (C=O) groups excluding carboxylic acids is 4. The molecule has 11 heteroatoms. The number of thiazole rings is 1. The summed E-state index contributed by atoms with van der Waals surface area (Å²) < 4.78 is 0. The number of nitrogens with zero attached hydrogens (tertiary/aromatic N) is 1. The summed E-state index contributed by atoms with van der Waals surface area (Å²) >= 11 is 4.44. The molecule has 34 heavy (non-hydrogen) atoms. The molecule has 182 valence electrons. The lowest BCUT2D eigenvalue weighted by atomic mass is 10.1. The number of amides is 3. The van der Waals surface area contributed by atoms with E-state index in [1.165, 1.54) is 11.3 Å². The largest absolute Gasteiger partial charge is 0.343 e. The Morgan fingerprint density at radius 3 is 2.38 bits per heavy atom. The van der Waals surface area contributed by atoms with Crippen molar-refractivity contribution in [1.29, 1.82) is 0 Å². The first kappa shape index (κ1) is 26.2. The number of carbonyl (C=O) groups is 4. The van der Waals surface area contributed by atoms with E-state index in [2.05, 4.69) is 20.9 Å². The number of thioether (sulfide) groups is 2. The lowest BCUT2D eigenvalue weighted by molar-refractivity contribution is -0.129. The van der Waals surface area contributed by atoms with Crippen LogP contribution < -0.4 is 16.0 Å². The zero-order chi connectivity index (χ0) is 24.3. The molecule has 3 N–H and O–H groups in total. The average Bonchev–Trinajstić information content (AvgIpc) is 3.38. The number of Topliss-reactive ketones (excluding diaryl/α,β-unsaturated/α-hetero) is 1. The van der Waals surface area contributed by atoms with Crippen molar-refractivity contribution in [2.75, 3.05) is 23.0 Å². The Hall–Kier alpha value is -2.37. The van der Waals surface area contributed by atoms with E-state index >= 15 is 0 Å². The molecule has 1 aromatic carbocycles. The van der Waals surface area contributed by atoms with Gasteiger partial charge in [0.2, 0.25) is 17.6 Å². The van der Waals surface area contributed by atoms with Gasteiger partial charge in [-0.1, -0.05) is 18.2 Å². The predicted octanol–water partition coefficient (Wildman–Crippen LogP) is 2.37. The fourth-order valence-corrected chi connectivity index (χ4v) is 5.90. The Morgan fingerprint density at radius 1 is 1.00 bits per heavy atom. The molecule has 3 rings (SSSR count). The molecule has 1 aliphatic heterocycles. The summed E-state index contributed by atoms with van der Waals surface area (Å²) in [7, 11) is 0. The molecular weight excluding hydrogens is 492 g/mol. The standard InChI is InChI=1S/C23H28N4O4S3/c1-15-20(29)26-17(19(28)23-24-9-12-34-23)13-32-10-5-6-11-33-14-18(22(31)25-15)27-21(30)16-7-3-2-4-8-16/h2-4,7-9,12,15,17-18H,5-6,10-11,13-14H2,1H3,(H,25,31)(H,26,29)(H,27,30)/t15-,17?,18?/m0/s1. The van der Waals surface area contributed by atoms with Crippen LogP contribution in [-0.2, 0) is 9.59 Å². The minimum atomic E-state index is -0.879. The van der Waals surface area contributed by atoms with Crippen LogP contribution in [0.15, 0.2) is 41.9 Å². The molecule has 3 amide bonds. The Kier molecular flexibility index (Phi) is 10.4. The highest BCUT2D eigenvalue weighted by molar-refractivity contribution is 7.99. The first-order chi connectivity index (χ1) is 16.5. The summed E-state index contributed by atoms with van der Waals surface area (Å²) in [6.45, 7) is 1.56. The zero-order valence-corrected chi connectivity index (χ0v) is 21.3. The third kappa shape index (κ3) is 7.85. The number of rotatable bonds is 4. The smallest absolute Gasteiger partial charge is 0.251 e. The molecule has 2 unspecified atom stereocenters. The third-order valence-electron chi connectivity index (χ3n) is 5.08. The maximum absolute atomic E-state index is 13.0. The highest BCUT2D eigenvalue weighted by atomic mass is 32.2. The molecule has 8 nitrogen and oxygen atoms in total. The summed E-state index contributed by atoms with van der Waals surface area (Å²) in [4.78, 5) is 55.4. The van der Waals surface area contributed by atoms with E-state index in [0.717, 1.165) is 24.3 Å². The summed E-state index contributed by atoms with van der Waals surface area (Å²) in [6, 6.07) is 6.30. The first-order valence-corrected chi connectivity index (χ1v) is 14.2. The lowest BCUT2D eigenvalue weighted by Crippen LogP contribution is -2.55. The molecule has 0 saturated carbocycles. The van der Waals surface area contributed by atoms with Crippen molar-refractivity contribution in [2.24, 2.45) is 0 Å². The van der Waals surface area contributed by atoms with Gasteiger partial charge in [0.15, 0.2) is 5.01 Å². The van der Waals surface area contributed by atoms with Gasteiger partial charge >= 0.3 is 0 Å². The van der Waals surface area contributed by atoms with Crippen molar-refractivity contribution in [3.63, 3.8) is 0 Å². The molecule has 0 aliphatic carbocycles. The number of ketones is 1. The van der Waals surface area contributed by atoms with Gasteiger partial charge in [-0.25, -0.2) is 4.98 Å². The van der Waals surface area contributed by atoms with Crippen LogP contribution in [0.4, 0.5) is 0 Å². The average molecular weight is 521 g/mol. The van der Waals surface area contributed by atoms with Gasteiger partial charge in [0.1, 0.15) is 18.1 Å². The van der Waals surface area contributed by atoms with Crippen LogP contribution in [0.3, 0.4) is 0 Å². The first-order valence-electron chi connectivity index (χ1n) is 11.0. The quantitative estimate of drug-likeness (QED) is 0.530. The van der Waals surface area contributed by atoms with Crippen molar-refractivity contribution >= 4 is 58.4 Å². The maximum atomic E-state index is 13.0. The minimum Gasteiger partial charge on any atom is -0.343 e. The van der Waals surface area contributed by atoms with Gasteiger partial charge in [-0.2, -0.15) is 23.5 Å². The van der Waals surface area contributed by atoms with Crippen LogP contribution >= 0.6 is 34.9 Å². The van der Waals surface area contributed by atoms with E-state index in [9.17, 15) is 19.2 Å². The zero-order valence-electron chi connectivity index (χ0n) is 18.8. The Morgan fingerprint density at radius 2 is 1.71 bits per heavy atom. The fraction of sp³-hybridized carbons (Fsp3) is 0.435. The van der Waals surface area contributed by atoms with Crippen molar-refractivity contribution in [3.8, 4) is 0 Å². The third-order valence-corrected chi connectivity index (χ3v) is 8.16. The van der Waals surface area contributed by atoms with Crippen LogP contribution in [0.5, 0.6) is 0 Å². The molecular formula is C23H28N4O4S3. The van der Waals surface area contributed by atoms with Gasteiger partial charge in [0, 0.05) is 28.6 Å². The molecule has 1 saturated heterocycles. The van der Waals surface area contributed by atoms with Crippen LogP contribution in [0, 0.1) is 0 Å². The second-order valence-corrected chi connectivity index (χ2v) is 10.9. The molecule has 0 bridgehead atoms. The van der Waals surface area contributed by atoms with Crippen LogP contribution in [-0.4, -0.2) is 69.6 Å². The van der Waals surface area contributed by atoms with Crippen molar-refractivity contribution in [3.05, 3.63) is 52.5 Å². The van der Waals surface area contributed by atoms with Crippen LogP contribution in [0.2, 0.25) is 0 Å². The SMILES string of the molecule is C[C@@H]1NC(=O)C(NC(=O)c2ccccc2)CSCCCCSCC(C(=O)c2nccs2)NC1=O. The lowest BCUT2D eigenvalue weighted by Gasteiger charge is -2.22. The fourth-order valence-electron chi connectivity index (χ4n) is 3.18. The van der Waals surface area contributed by atoms with E-state index in [0.29, 0.717) is 22.1 Å². The summed E-state index contributed by atoms with van der Waals surface area (Å²) in [6.07, 6.45) is 3.46.